The third-order valence-electron chi connectivity index (χ3n) is 3.91. The molecule has 1 saturated heterocycles. The molecular formula is C15H18BrClN4O2. The van der Waals surface area contributed by atoms with Gasteiger partial charge >= 0.3 is 0 Å². The Bertz CT molecular complexity index is 780. The monoisotopic (exact) mass is 400 g/mol. The summed E-state index contributed by atoms with van der Waals surface area (Å²) in [6.45, 7) is 4.26. The first-order chi connectivity index (χ1) is 10.6. The van der Waals surface area contributed by atoms with Gasteiger partial charge in [-0.05, 0) is 25.1 Å². The van der Waals surface area contributed by atoms with Crippen LogP contribution < -0.4 is 10.9 Å². The number of nitrogens with one attached hydrogen (secondary N) is 1. The molecular weight excluding hydrogens is 384 g/mol. The van der Waals surface area contributed by atoms with Gasteiger partial charge in [-0.2, -0.15) is 0 Å². The average molecular weight is 402 g/mol. The van der Waals surface area contributed by atoms with E-state index in [1.54, 1.807) is 12.1 Å². The molecule has 23 heavy (non-hydrogen) atoms. The molecule has 0 saturated carbocycles. The van der Waals surface area contributed by atoms with Crippen molar-refractivity contribution in [1.29, 1.82) is 0 Å². The largest absolute Gasteiger partial charge is 0.336 e. The maximum Gasteiger partial charge on any atom is 0.261 e. The van der Waals surface area contributed by atoms with E-state index in [1.165, 1.54) is 10.9 Å². The van der Waals surface area contributed by atoms with Gasteiger partial charge in [0.05, 0.1) is 17.2 Å². The number of nitrogens with zero attached hydrogens (tertiary/aromatic N) is 3. The fourth-order valence-electron chi connectivity index (χ4n) is 2.69. The minimum absolute atomic E-state index is 0. The number of aromatic nitrogens is 2. The van der Waals surface area contributed by atoms with E-state index in [-0.39, 0.29) is 36.5 Å². The van der Waals surface area contributed by atoms with Crippen LogP contribution in [0.2, 0.25) is 0 Å². The minimum atomic E-state index is -0.192. The lowest BCUT2D eigenvalue weighted by atomic mass is 10.2. The SMILES string of the molecule is C[C@H]1CNCCN1C(=O)Cn1cnc2ccc(Br)cc2c1=O.Cl. The molecule has 1 aliphatic heterocycles. The lowest BCUT2D eigenvalue weighted by Crippen LogP contribution is -2.53. The zero-order valence-electron chi connectivity index (χ0n) is 12.7. The number of hydrogen-bond acceptors (Lipinski definition) is 4. The standard InChI is InChI=1S/C15H17BrN4O2.ClH/c1-10-7-17-4-5-20(10)14(21)8-19-9-18-13-3-2-11(16)6-12(13)15(19)22;/h2-3,6,9-10,17H,4-5,7-8H2,1H3;1H/t10-;/m0./s1. The molecule has 1 amide bonds. The van der Waals surface area contributed by atoms with Crippen LogP contribution >= 0.6 is 28.3 Å². The Balaban J connectivity index is 0.00000192. The van der Waals surface area contributed by atoms with E-state index in [0.717, 1.165) is 17.6 Å². The molecule has 0 spiro atoms. The molecule has 1 aliphatic rings. The lowest BCUT2D eigenvalue weighted by molar-refractivity contribution is -0.134. The number of halogens is 2. The normalized spacial score (nSPS) is 17.8. The van der Waals surface area contributed by atoms with Gasteiger partial charge in [0, 0.05) is 30.1 Å². The van der Waals surface area contributed by atoms with E-state index < -0.39 is 0 Å². The molecule has 1 atom stereocenters. The van der Waals surface area contributed by atoms with Crippen molar-refractivity contribution in [2.45, 2.75) is 19.5 Å². The summed E-state index contributed by atoms with van der Waals surface area (Å²) in [5.74, 6) is -0.0488. The summed E-state index contributed by atoms with van der Waals surface area (Å²) < 4.78 is 2.20. The summed E-state index contributed by atoms with van der Waals surface area (Å²) in [4.78, 5) is 31.0. The molecule has 3 rings (SSSR count). The quantitative estimate of drug-likeness (QED) is 0.826. The molecule has 0 radical (unpaired) electrons. The van der Waals surface area contributed by atoms with Gasteiger partial charge in [0.2, 0.25) is 5.91 Å². The highest BCUT2D eigenvalue weighted by atomic mass is 79.9. The number of hydrogen-bond donors (Lipinski definition) is 1. The van der Waals surface area contributed by atoms with Crippen molar-refractivity contribution in [3.8, 4) is 0 Å². The summed E-state index contributed by atoms with van der Waals surface area (Å²) in [7, 11) is 0. The van der Waals surface area contributed by atoms with Gasteiger partial charge in [0.1, 0.15) is 6.54 Å². The van der Waals surface area contributed by atoms with Crippen molar-refractivity contribution in [3.63, 3.8) is 0 Å². The summed E-state index contributed by atoms with van der Waals surface area (Å²) in [6, 6.07) is 5.50. The second-order valence-corrected chi connectivity index (χ2v) is 6.40. The Morgan fingerprint density at radius 2 is 2.26 bits per heavy atom. The number of piperazine rings is 1. The first-order valence-electron chi connectivity index (χ1n) is 7.21. The topological polar surface area (TPSA) is 67.2 Å². The predicted octanol–water partition coefficient (Wildman–Crippen LogP) is 1.40. The van der Waals surface area contributed by atoms with E-state index in [0.29, 0.717) is 17.4 Å². The van der Waals surface area contributed by atoms with Crippen LogP contribution in [0.3, 0.4) is 0 Å². The Morgan fingerprint density at radius 3 is 3.00 bits per heavy atom. The second-order valence-electron chi connectivity index (χ2n) is 5.48. The lowest BCUT2D eigenvalue weighted by Gasteiger charge is -2.34. The maximum absolute atomic E-state index is 12.5. The molecule has 1 aromatic heterocycles. The highest BCUT2D eigenvalue weighted by Gasteiger charge is 2.23. The molecule has 0 unspecified atom stereocenters. The van der Waals surface area contributed by atoms with E-state index in [1.807, 2.05) is 17.9 Å². The second kappa shape index (κ2) is 7.42. The van der Waals surface area contributed by atoms with Gasteiger partial charge in [0.25, 0.3) is 5.56 Å². The average Bonchev–Trinajstić information content (AvgIpc) is 2.51. The van der Waals surface area contributed by atoms with Gasteiger partial charge in [-0.25, -0.2) is 4.98 Å². The van der Waals surface area contributed by atoms with Crippen LogP contribution in [-0.2, 0) is 11.3 Å². The number of carbonyl (C=O) groups excluding carboxylic acids is 1. The Hall–Kier alpha value is -1.44. The van der Waals surface area contributed by atoms with Crippen molar-refractivity contribution < 1.29 is 4.79 Å². The molecule has 0 bridgehead atoms. The third kappa shape index (κ3) is 3.73. The summed E-state index contributed by atoms with van der Waals surface area (Å²) in [6.07, 6.45) is 1.45. The third-order valence-corrected chi connectivity index (χ3v) is 4.41. The molecule has 1 aromatic carbocycles. The van der Waals surface area contributed by atoms with Crippen LogP contribution in [0.25, 0.3) is 10.9 Å². The molecule has 6 nitrogen and oxygen atoms in total. The zero-order chi connectivity index (χ0) is 15.7. The molecule has 2 heterocycles. The molecule has 0 aliphatic carbocycles. The maximum atomic E-state index is 12.5. The first kappa shape index (κ1) is 17.9. The zero-order valence-corrected chi connectivity index (χ0v) is 15.1. The molecule has 8 heteroatoms. The number of benzene rings is 1. The van der Waals surface area contributed by atoms with Gasteiger partial charge in [-0.3, -0.25) is 14.2 Å². The number of amides is 1. The number of carbonyl (C=O) groups is 1. The van der Waals surface area contributed by atoms with Crippen molar-refractivity contribution in [1.82, 2.24) is 19.8 Å². The van der Waals surface area contributed by atoms with Crippen LogP contribution in [0.1, 0.15) is 6.92 Å². The highest BCUT2D eigenvalue weighted by Crippen LogP contribution is 2.15. The van der Waals surface area contributed by atoms with E-state index in [2.05, 4.69) is 26.2 Å². The summed E-state index contributed by atoms with van der Waals surface area (Å²) in [5, 5.41) is 3.76. The van der Waals surface area contributed by atoms with Crippen molar-refractivity contribution in [2.24, 2.45) is 0 Å². The predicted molar refractivity (Wildman–Crippen MR) is 95.0 cm³/mol. The molecule has 1 fully saturated rings. The first-order valence-corrected chi connectivity index (χ1v) is 8.00. The van der Waals surface area contributed by atoms with E-state index in [4.69, 9.17) is 0 Å². The fraction of sp³-hybridized carbons (Fsp3) is 0.400. The number of fused-ring (bicyclic) bond motifs is 1. The van der Waals surface area contributed by atoms with Crippen LogP contribution in [0.4, 0.5) is 0 Å². The highest BCUT2D eigenvalue weighted by molar-refractivity contribution is 9.10. The van der Waals surface area contributed by atoms with Gasteiger partial charge in [0.15, 0.2) is 0 Å². The van der Waals surface area contributed by atoms with Gasteiger partial charge in [-0.1, -0.05) is 15.9 Å². The Morgan fingerprint density at radius 1 is 1.48 bits per heavy atom. The fourth-order valence-corrected chi connectivity index (χ4v) is 3.05. The van der Waals surface area contributed by atoms with Crippen LogP contribution in [0.15, 0.2) is 33.8 Å². The van der Waals surface area contributed by atoms with Crippen LogP contribution in [0, 0.1) is 0 Å². The van der Waals surface area contributed by atoms with Crippen molar-refractivity contribution in [2.75, 3.05) is 19.6 Å². The van der Waals surface area contributed by atoms with Crippen molar-refractivity contribution >= 4 is 45.1 Å². The van der Waals surface area contributed by atoms with E-state index >= 15 is 0 Å². The summed E-state index contributed by atoms with van der Waals surface area (Å²) >= 11 is 3.35. The van der Waals surface area contributed by atoms with Crippen LogP contribution in [0.5, 0.6) is 0 Å². The van der Waals surface area contributed by atoms with E-state index in [9.17, 15) is 9.59 Å². The molecule has 2 aromatic rings. The Kier molecular flexibility index (Phi) is 5.78. The Labute approximate surface area is 148 Å². The minimum Gasteiger partial charge on any atom is -0.336 e. The molecule has 1 N–H and O–H groups in total. The smallest absolute Gasteiger partial charge is 0.261 e. The molecule has 124 valence electrons. The van der Waals surface area contributed by atoms with Crippen LogP contribution in [-0.4, -0.2) is 46.0 Å². The van der Waals surface area contributed by atoms with Gasteiger partial charge in [-0.15, -0.1) is 12.4 Å². The van der Waals surface area contributed by atoms with Crippen molar-refractivity contribution in [3.05, 3.63) is 39.4 Å². The summed E-state index contributed by atoms with van der Waals surface area (Å²) in [5.41, 5.74) is 0.440. The van der Waals surface area contributed by atoms with Gasteiger partial charge < -0.3 is 10.2 Å². The number of rotatable bonds is 2.